The van der Waals surface area contributed by atoms with E-state index in [1.165, 1.54) is 6.42 Å². The number of aldehydes is 1. The van der Waals surface area contributed by atoms with Crippen LogP contribution in [-0.4, -0.2) is 11.3 Å². The molecule has 1 heterocycles. The van der Waals surface area contributed by atoms with Crippen LogP contribution in [0.3, 0.4) is 0 Å². The highest BCUT2D eigenvalue weighted by molar-refractivity contribution is 5.99. The molecule has 2 heteroatoms. The van der Waals surface area contributed by atoms with Crippen LogP contribution in [0.25, 0.3) is 10.9 Å². The molecule has 1 atom stereocenters. The van der Waals surface area contributed by atoms with Gasteiger partial charge in [-0.2, -0.15) is 0 Å². The highest BCUT2D eigenvalue weighted by atomic mass is 16.1. The van der Waals surface area contributed by atoms with Gasteiger partial charge < -0.3 is 4.98 Å². The predicted octanol–water partition coefficient (Wildman–Crippen LogP) is 3.49. The van der Waals surface area contributed by atoms with Crippen LogP contribution in [0.2, 0.25) is 0 Å². The first kappa shape index (κ1) is 9.64. The number of rotatable bonds is 2. The molecule has 1 aromatic carbocycles. The van der Waals surface area contributed by atoms with Gasteiger partial charge in [-0.15, -0.1) is 0 Å². The average molecular weight is 213 g/mol. The minimum Gasteiger partial charge on any atom is -0.358 e. The maximum Gasteiger partial charge on any atom is 0.152 e. The minimum absolute atomic E-state index is 0.346. The van der Waals surface area contributed by atoms with Crippen LogP contribution in [0.4, 0.5) is 0 Å². The molecule has 0 bridgehead atoms. The second-order valence-corrected chi connectivity index (χ2v) is 5.36. The number of aromatic amines is 1. The number of carbonyl (C=O) groups excluding carboxylic acids is 1. The Bertz CT molecular complexity index is 565. The zero-order valence-electron chi connectivity index (χ0n) is 9.58. The van der Waals surface area contributed by atoms with Crippen LogP contribution in [0.15, 0.2) is 24.3 Å². The summed E-state index contributed by atoms with van der Waals surface area (Å²) in [6.07, 6.45) is 2.16. The topological polar surface area (TPSA) is 32.9 Å². The summed E-state index contributed by atoms with van der Waals surface area (Å²) < 4.78 is 0. The first-order valence-electron chi connectivity index (χ1n) is 5.69. The van der Waals surface area contributed by atoms with E-state index in [0.29, 0.717) is 11.3 Å². The van der Waals surface area contributed by atoms with Crippen molar-refractivity contribution >= 4 is 17.2 Å². The van der Waals surface area contributed by atoms with E-state index in [0.717, 1.165) is 28.4 Å². The number of para-hydroxylation sites is 1. The van der Waals surface area contributed by atoms with E-state index < -0.39 is 0 Å². The predicted molar refractivity (Wildman–Crippen MR) is 64.8 cm³/mol. The largest absolute Gasteiger partial charge is 0.358 e. The molecule has 0 radical (unpaired) electrons. The molecule has 1 aliphatic rings. The van der Waals surface area contributed by atoms with Gasteiger partial charge in [-0.05, 0) is 17.9 Å². The minimum atomic E-state index is 0.346. The number of fused-ring (bicyclic) bond motifs is 1. The zero-order valence-corrected chi connectivity index (χ0v) is 9.58. The van der Waals surface area contributed by atoms with Crippen molar-refractivity contribution in [2.24, 2.45) is 5.41 Å². The summed E-state index contributed by atoms with van der Waals surface area (Å²) in [7, 11) is 0. The smallest absolute Gasteiger partial charge is 0.152 e. The fourth-order valence-electron chi connectivity index (χ4n) is 2.55. The number of H-pyrrole nitrogens is 1. The molecule has 1 fully saturated rings. The number of nitrogens with one attached hydrogen (secondary N) is 1. The van der Waals surface area contributed by atoms with E-state index in [2.05, 4.69) is 18.8 Å². The lowest BCUT2D eigenvalue weighted by atomic mass is 10.0. The van der Waals surface area contributed by atoms with Gasteiger partial charge in [0.1, 0.15) is 0 Å². The molecular formula is C14H15NO. The van der Waals surface area contributed by atoms with Crippen molar-refractivity contribution in [3.05, 3.63) is 35.5 Å². The molecule has 16 heavy (non-hydrogen) atoms. The zero-order chi connectivity index (χ0) is 11.3. The number of hydrogen-bond donors (Lipinski definition) is 1. The first-order valence-corrected chi connectivity index (χ1v) is 5.69. The van der Waals surface area contributed by atoms with Gasteiger partial charge in [-0.3, -0.25) is 4.79 Å². The highest BCUT2D eigenvalue weighted by Crippen LogP contribution is 2.59. The Morgan fingerprint density at radius 1 is 1.38 bits per heavy atom. The fraction of sp³-hybridized carbons (Fsp3) is 0.357. The molecule has 0 amide bonds. The van der Waals surface area contributed by atoms with Gasteiger partial charge in [0.15, 0.2) is 6.29 Å². The van der Waals surface area contributed by atoms with E-state index in [1.807, 2.05) is 24.3 Å². The van der Waals surface area contributed by atoms with Gasteiger partial charge in [-0.25, -0.2) is 0 Å². The Hall–Kier alpha value is -1.57. The number of aromatic nitrogens is 1. The number of carbonyl (C=O) groups is 1. The van der Waals surface area contributed by atoms with Gasteiger partial charge in [0.05, 0.1) is 0 Å². The normalized spacial score (nSPS) is 22.2. The molecular weight excluding hydrogens is 198 g/mol. The van der Waals surface area contributed by atoms with Gasteiger partial charge in [0.25, 0.3) is 0 Å². The summed E-state index contributed by atoms with van der Waals surface area (Å²) in [5.74, 6) is 0.514. The van der Waals surface area contributed by atoms with Crippen molar-refractivity contribution in [2.75, 3.05) is 0 Å². The van der Waals surface area contributed by atoms with E-state index in [1.54, 1.807) is 0 Å². The monoisotopic (exact) mass is 213 g/mol. The molecule has 2 aromatic rings. The lowest BCUT2D eigenvalue weighted by Crippen LogP contribution is -1.93. The third-order valence-corrected chi connectivity index (χ3v) is 3.76. The quantitative estimate of drug-likeness (QED) is 0.761. The standard InChI is InChI=1S/C14H15NO/c1-14(2)7-11(14)13-10(8-16)9-5-3-4-6-12(9)15-13/h3-6,8,11,15H,7H2,1-2H3. The lowest BCUT2D eigenvalue weighted by Gasteiger charge is -2.01. The molecule has 0 aliphatic heterocycles. The highest BCUT2D eigenvalue weighted by Gasteiger charge is 2.48. The Morgan fingerprint density at radius 3 is 2.69 bits per heavy atom. The molecule has 82 valence electrons. The molecule has 0 saturated heterocycles. The summed E-state index contributed by atoms with van der Waals surface area (Å²) in [4.78, 5) is 14.6. The molecule has 1 unspecified atom stereocenters. The number of hydrogen-bond acceptors (Lipinski definition) is 1. The summed E-state index contributed by atoms with van der Waals surface area (Å²) in [6, 6.07) is 8.01. The Labute approximate surface area is 94.7 Å². The molecule has 1 saturated carbocycles. The molecule has 2 nitrogen and oxygen atoms in total. The maximum atomic E-state index is 11.2. The summed E-state index contributed by atoms with van der Waals surface area (Å²) >= 11 is 0. The molecule has 1 N–H and O–H groups in total. The van der Waals surface area contributed by atoms with Crippen molar-refractivity contribution in [1.29, 1.82) is 0 Å². The van der Waals surface area contributed by atoms with Crippen molar-refractivity contribution in [2.45, 2.75) is 26.2 Å². The van der Waals surface area contributed by atoms with Crippen LogP contribution in [0.1, 0.15) is 42.2 Å². The van der Waals surface area contributed by atoms with Gasteiger partial charge in [-0.1, -0.05) is 32.0 Å². The first-order chi connectivity index (χ1) is 7.63. The molecule has 0 spiro atoms. The third kappa shape index (κ3) is 1.22. The molecule has 1 aliphatic carbocycles. The third-order valence-electron chi connectivity index (χ3n) is 3.76. The summed E-state index contributed by atoms with van der Waals surface area (Å²) in [5, 5.41) is 1.05. The second-order valence-electron chi connectivity index (χ2n) is 5.36. The molecule has 1 aromatic heterocycles. The van der Waals surface area contributed by atoms with Crippen molar-refractivity contribution in [1.82, 2.24) is 4.98 Å². The maximum absolute atomic E-state index is 11.2. The van der Waals surface area contributed by atoms with Crippen LogP contribution >= 0.6 is 0 Å². The van der Waals surface area contributed by atoms with E-state index >= 15 is 0 Å². The Balaban J connectivity index is 2.21. The van der Waals surface area contributed by atoms with Crippen molar-refractivity contribution in [3.8, 4) is 0 Å². The van der Waals surface area contributed by atoms with Gasteiger partial charge in [0.2, 0.25) is 0 Å². The van der Waals surface area contributed by atoms with Crippen LogP contribution < -0.4 is 0 Å². The van der Waals surface area contributed by atoms with Gasteiger partial charge >= 0.3 is 0 Å². The summed E-state index contributed by atoms with van der Waals surface area (Å²) in [6.45, 7) is 4.50. The number of benzene rings is 1. The Kier molecular flexibility index (Phi) is 1.79. The van der Waals surface area contributed by atoms with Crippen LogP contribution in [0, 0.1) is 5.41 Å². The second kappa shape index (κ2) is 2.97. The van der Waals surface area contributed by atoms with Gasteiger partial charge in [0, 0.05) is 28.1 Å². The van der Waals surface area contributed by atoms with E-state index in [9.17, 15) is 4.79 Å². The van der Waals surface area contributed by atoms with Crippen LogP contribution in [0.5, 0.6) is 0 Å². The fourth-order valence-corrected chi connectivity index (χ4v) is 2.55. The summed E-state index contributed by atoms with van der Waals surface area (Å²) in [5.41, 5.74) is 3.40. The van der Waals surface area contributed by atoms with Crippen LogP contribution in [-0.2, 0) is 0 Å². The van der Waals surface area contributed by atoms with Crippen molar-refractivity contribution in [3.63, 3.8) is 0 Å². The lowest BCUT2D eigenvalue weighted by molar-refractivity contribution is 0.112. The SMILES string of the molecule is CC1(C)CC1c1[nH]c2ccccc2c1C=O. The van der Waals surface area contributed by atoms with Crippen molar-refractivity contribution < 1.29 is 4.79 Å². The average Bonchev–Trinajstić information content (AvgIpc) is 2.75. The Morgan fingerprint density at radius 2 is 2.06 bits per heavy atom. The molecule has 3 rings (SSSR count). The van der Waals surface area contributed by atoms with E-state index in [4.69, 9.17) is 0 Å². The van der Waals surface area contributed by atoms with E-state index in [-0.39, 0.29) is 0 Å².